The van der Waals surface area contributed by atoms with E-state index in [9.17, 15) is 9.59 Å². The van der Waals surface area contributed by atoms with Gasteiger partial charge in [0, 0.05) is 28.7 Å². The summed E-state index contributed by atoms with van der Waals surface area (Å²) in [5.41, 5.74) is 1.79. The Morgan fingerprint density at radius 1 is 1.03 bits per heavy atom. The Bertz CT molecular complexity index is 865. The van der Waals surface area contributed by atoms with E-state index in [2.05, 4.69) is 19.2 Å². The quantitative estimate of drug-likeness (QED) is 0.509. The van der Waals surface area contributed by atoms with Crippen LogP contribution in [-0.4, -0.2) is 35.9 Å². The van der Waals surface area contributed by atoms with Crippen molar-refractivity contribution in [3.05, 3.63) is 63.6 Å². The molecule has 1 atom stereocenters. The Morgan fingerprint density at radius 2 is 1.65 bits per heavy atom. The molecular formula is C24H30Cl2N2O3. The van der Waals surface area contributed by atoms with E-state index in [1.807, 2.05) is 38.1 Å². The Morgan fingerprint density at radius 3 is 2.16 bits per heavy atom. The highest BCUT2D eigenvalue weighted by atomic mass is 35.5. The summed E-state index contributed by atoms with van der Waals surface area (Å²) in [6, 6.07) is 12.2. The van der Waals surface area contributed by atoms with Crippen molar-refractivity contribution in [3.63, 3.8) is 0 Å². The van der Waals surface area contributed by atoms with Gasteiger partial charge >= 0.3 is 0 Å². The van der Waals surface area contributed by atoms with Crippen molar-refractivity contribution in [1.29, 1.82) is 0 Å². The fraction of sp³-hybridized carbons (Fsp3) is 0.417. The van der Waals surface area contributed by atoms with Gasteiger partial charge in [-0.2, -0.15) is 0 Å². The van der Waals surface area contributed by atoms with Crippen LogP contribution in [-0.2, 0) is 16.1 Å². The van der Waals surface area contributed by atoms with Crippen LogP contribution < -0.4 is 10.1 Å². The number of ether oxygens (including phenoxy) is 1. The second-order valence-corrected chi connectivity index (χ2v) is 8.37. The van der Waals surface area contributed by atoms with Gasteiger partial charge in [-0.15, -0.1) is 0 Å². The normalized spacial score (nSPS) is 11.8. The van der Waals surface area contributed by atoms with Crippen LogP contribution in [0.4, 0.5) is 0 Å². The number of likely N-dealkylation sites (N-methyl/N-ethyl adjacent to an activating group) is 1. The van der Waals surface area contributed by atoms with Crippen LogP contribution in [0.15, 0.2) is 42.5 Å². The van der Waals surface area contributed by atoms with E-state index in [1.165, 1.54) is 10.5 Å². The van der Waals surface area contributed by atoms with Gasteiger partial charge in [0.2, 0.25) is 5.91 Å². The zero-order valence-corrected chi connectivity index (χ0v) is 20.0. The highest BCUT2D eigenvalue weighted by molar-refractivity contribution is 6.36. The number of halogens is 2. The summed E-state index contributed by atoms with van der Waals surface area (Å²) in [6.45, 7) is 8.32. The fourth-order valence-electron chi connectivity index (χ4n) is 3.24. The first kappa shape index (κ1) is 25.0. The lowest BCUT2D eigenvalue weighted by Gasteiger charge is -2.31. The molecule has 0 heterocycles. The summed E-state index contributed by atoms with van der Waals surface area (Å²) >= 11 is 12.7. The molecule has 168 valence electrons. The maximum Gasteiger partial charge on any atom is 0.261 e. The van der Waals surface area contributed by atoms with Crippen LogP contribution in [0.2, 0.25) is 10.0 Å². The minimum absolute atomic E-state index is 0.114. The Kier molecular flexibility index (Phi) is 9.66. The number of nitrogens with one attached hydrogen (secondary N) is 1. The summed E-state index contributed by atoms with van der Waals surface area (Å²) in [5.74, 6) is 0.471. The minimum atomic E-state index is -0.660. The van der Waals surface area contributed by atoms with Crippen molar-refractivity contribution in [2.75, 3.05) is 13.2 Å². The lowest BCUT2D eigenvalue weighted by Crippen LogP contribution is -2.50. The first-order chi connectivity index (χ1) is 14.8. The molecule has 0 fully saturated rings. The lowest BCUT2D eigenvalue weighted by atomic mass is 10.0. The summed E-state index contributed by atoms with van der Waals surface area (Å²) in [7, 11) is 0. The Labute approximate surface area is 194 Å². The highest BCUT2D eigenvalue weighted by Crippen LogP contribution is 2.27. The van der Waals surface area contributed by atoms with Gasteiger partial charge < -0.3 is 15.0 Å². The molecule has 2 amide bonds. The van der Waals surface area contributed by atoms with Gasteiger partial charge in [0.25, 0.3) is 5.91 Å². The molecule has 0 saturated carbocycles. The molecular weight excluding hydrogens is 435 g/mol. The van der Waals surface area contributed by atoms with Crippen LogP contribution in [0, 0.1) is 0 Å². The number of hydrogen-bond acceptors (Lipinski definition) is 3. The van der Waals surface area contributed by atoms with Crippen LogP contribution in [0.1, 0.15) is 51.2 Å². The van der Waals surface area contributed by atoms with E-state index in [4.69, 9.17) is 27.9 Å². The zero-order chi connectivity index (χ0) is 23.0. The first-order valence-electron chi connectivity index (χ1n) is 10.5. The third-order valence-electron chi connectivity index (χ3n) is 5.04. The molecule has 2 aromatic rings. The second kappa shape index (κ2) is 12.0. The molecule has 2 aromatic carbocycles. The standard InChI is InChI=1S/C24H30Cl2N2O3/c1-5-22(24(30)27-6-2)28(14-19-20(25)8-7-9-21(19)26)23(29)15-31-18-12-10-17(11-13-18)16(3)4/h7-13,16,22H,5-6,14-15H2,1-4H3,(H,27,30)/t22-/m0/s1. The van der Waals surface area contributed by atoms with Crippen molar-refractivity contribution < 1.29 is 14.3 Å². The molecule has 0 aliphatic carbocycles. The van der Waals surface area contributed by atoms with E-state index in [0.717, 1.165) is 0 Å². The predicted molar refractivity (Wildman–Crippen MR) is 126 cm³/mol. The van der Waals surface area contributed by atoms with Crippen molar-refractivity contribution in [2.45, 2.75) is 52.6 Å². The molecule has 1 N–H and O–H groups in total. The topological polar surface area (TPSA) is 58.6 Å². The minimum Gasteiger partial charge on any atom is -0.484 e. The van der Waals surface area contributed by atoms with Crippen LogP contribution in [0.5, 0.6) is 5.75 Å². The molecule has 0 aromatic heterocycles. The fourth-order valence-corrected chi connectivity index (χ4v) is 3.76. The van der Waals surface area contributed by atoms with Crippen molar-refractivity contribution in [3.8, 4) is 5.75 Å². The van der Waals surface area contributed by atoms with Gasteiger partial charge in [0.05, 0.1) is 0 Å². The van der Waals surface area contributed by atoms with Crippen molar-refractivity contribution >= 4 is 35.0 Å². The number of rotatable bonds is 10. The second-order valence-electron chi connectivity index (χ2n) is 7.55. The molecule has 0 unspecified atom stereocenters. The molecule has 0 aliphatic rings. The van der Waals surface area contributed by atoms with E-state index < -0.39 is 6.04 Å². The Balaban J connectivity index is 2.23. The molecule has 0 spiro atoms. The SMILES string of the molecule is CCNC(=O)[C@H](CC)N(Cc1c(Cl)cccc1Cl)C(=O)COc1ccc(C(C)C)cc1. The maximum absolute atomic E-state index is 13.2. The number of benzene rings is 2. The van der Waals surface area contributed by atoms with Crippen LogP contribution in [0.25, 0.3) is 0 Å². The molecule has 5 nitrogen and oxygen atoms in total. The zero-order valence-electron chi connectivity index (χ0n) is 18.5. The average Bonchev–Trinajstić information content (AvgIpc) is 2.74. The number of hydrogen-bond donors (Lipinski definition) is 1. The van der Waals surface area contributed by atoms with Gasteiger partial charge in [0.1, 0.15) is 11.8 Å². The summed E-state index contributed by atoms with van der Waals surface area (Å²) in [6.07, 6.45) is 0.447. The highest BCUT2D eigenvalue weighted by Gasteiger charge is 2.29. The molecule has 31 heavy (non-hydrogen) atoms. The number of nitrogens with zero attached hydrogens (tertiary/aromatic N) is 1. The smallest absolute Gasteiger partial charge is 0.261 e. The van der Waals surface area contributed by atoms with E-state index >= 15 is 0 Å². The van der Waals surface area contributed by atoms with Crippen LogP contribution in [0.3, 0.4) is 0 Å². The third kappa shape index (κ3) is 6.88. The number of carbonyl (C=O) groups is 2. The maximum atomic E-state index is 13.2. The lowest BCUT2D eigenvalue weighted by molar-refractivity contribution is -0.142. The monoisotopic (exact) mass is 464 g/mol. The summed E-state index contributed by atoms with van der Waals surface area (Å²) in [5, 5.41) is 3.69. The molecule has 0 aliphatic heterocycles. The third-order valence-corrected chi connectivity index (χ3v) is 5.74. The number of amides is 2. The summed E-state index contributed by atoms with van der Waals surface area (Å²) in [4.78, 5) is 27.3. The van der Waals surface area contributed by atoms with E-state index in [0.29, 0.717) is 40.2 Å². The molecule has 7 heteroatoms. The van der Waals surface area contributed by atoms with Gasteiger partial charge in [-0.25, -0.2) is 0 Å². The molecule has 2 rings (SSSR count). The Hall–Kier alpha value is -2.24. The van der Waals surface area contributed by atoms with Gasteiger partial charge in [-0.1, -0.05) is 62.2 Å². The average molecular weight is 465 g/mol. The number of carbonyl (C=O) groups excluding carboxylic acids is 2. The first-order valence-corrected chi connectivity index (χ1v) is 11.3. The van der Waals surface area contributed by atoms with Crippen LogP contribution >= 0.6 is 23.2 Å². The van der Waals surface area contributed by atoms with Crippen molar-refractivity contribution in [1.82, 2.24) is 10.2 Å². The molecule has 0 radical (unpaired) electrons. The van der Waals surface area contributed by atoms with Gasteiger partial charge in [-0.05, 0) is 49.1 Å². The summed E-state index contributed by atoms with van der Waals surface area (Å²) < 4.78 is 5.73. The van der Waals surface area contributed by atoms with Crippen molar-refractivity contribution in [2.24, 2.45) is 0 Å². The van der Waals surface area contributed by atoms with E-state index in [-0.39, 0.29) is 25.0 Å². The largest absolute Gasteiger partial charge is 0.484 e. The van der Waals surface area contributed by atoms with E-state index in [1.54, 1.807) is 18.2 Å². The molecule has 0 saturated heterocycles. The molecule has 0 bridgehead atoms. The predicted octanol–water partition coefficient (Wildman–Crippen LogP) is 5.44. The van der Waals surface area contributed by atoms with Gasteiger partial charge in [0.15, 0.2) is 6.61 Å². The van der Waals surface area contributed by atoms with Gasteiger partial charge in [-0.3, -0.25) is 9.59 Å².